The fraction of sp³-hybridized carbons (Fsp3) is 0.333. The van der Waals surface area contributed by atoms with Crippen molar-refractivity contribution in [3.8, 4) is 0 Å². The molecule has 0 aliphatic carbocycles. The third kappa shape index (κ3) is 2.37. The molecule has 0 spiro atoms. The molecular formula is C9H13N3O3S. The van der Waals surface area contributed by atoms with E-state index in [-0.39, 0.29) is 10.6 Å². The van der Waals surface area contributed by atoms with Crippen LogP contribution in [0.3, 0.4) is 0 Å². The van der Waals surface area contributed by atoms with Crippen LogP contribution in [0.25, 0.3) is 0 Å². The number of aromatic nitrogens is 1. The van der Waals surface area contributed by atoms with Gasteiger partial charge in [0.2, 0.25) is 0 Å². The Morgan fingerprint density at radius 1 is 1.44 bits per heavy atom. The van der Waals surface area contributed by atoms with E-state index < -0.39 is 15.9 Å². The van der Waals surface area contributed by atoms with Crippen molar-refractivity contribution in [1.29, 1.82) is 0 Å². The maximum Gasteiger partial charge on any atom is 0.256 e. The third-order valence-corrected chi connectivity index (χ3v) is 2.87. The minimum Gasteiger partial charge on any atom is -0.355 e. The number of hydrogen-bond acceptors (Lipinski definition) is 4. The highest BCUT2D eigenvalue weighted by molar-refractivity contribution is 7.89. The van der Waals surface area contributed by atoms with Crippen molar-refractivity contribution >= 4 is 15.9 Å². The maximum absolute atomic E-state index is 11.5. The number of aryl methyl sites for hydroxylation is 2. The molecule has 0 unspecified atom stereocenters. The molecule has 7 heteroatoms. The van der Waals surface area contributed by atoms with Crippen LogP contribution in [0.5, 0.6) is 0 Å². The first kappa shape index (κ1) is 12.6. The summed E-state index contributed by atoms with van der Waals surface area (Å²) in [6.07, 6.45) is 0. The minimum atomic E-state index is -4.01. The van der Waals surface area contributed by atoms with E-state index in [1.54, 1.807) is 19.9 Å². The molecule has 1 amide bonds. The van der Waals surface area contributed by atoms with Gasteiger partial charge in [-0.3, -0.25) is 4.79 Å². The highest BCUT2D eigenvalue weighted by Crippen LogP contribution is 2.17. The van der Waals surface area contributed by atoms with E-state index in [1.165, 1.54) is 7.05 Å². The average molecular weight is 243 g/mol. The SMILES string of the molecule is CNC(=O)c1c(C)cc(C)nc1S(N)(=O)=O. The summed E-state index contributed by atoms with van der Waals surface area (Å²) >= 11 is 0. The molecule has 1 aromatic rings. The Morgan fingerprint density at radius 2 is 2.00 bits per heavy atom. The molecule has 0 atom stereocenters. The van der Waals surface area contributed by atoms with Crippen LogP contribution in [0.15, 0.2) is 11.1 Å². The zero-order valence-electron chi connectivity index (χ0n) is 9.23. The predicted octanol–water partition coefficient (Wildman–Crippen LogP) is -0.295. The molecule has 0 aliphatic heterocycles. The van der Waals surface area contributed by atoms with Gasteiger partial charge in [0.1, 0.15) is 0 Å². The molecule has 0 saturated heterocycles. The van der Waals surface area contributed by atoms with Gasteiger partial charge in [0.25, 0.3) is 15.9 Å². The van der Waals surface area contributed by atoms with Gasteiger partial charge in [0, 0.05) is 12.7 Å². The number of hydrogen-bond donors (Lipinski definition) is 2. The van der Waals surface area contributed by atoms with Crippen LogP contribution in [-0.4, -0.2) is 26.4 Å². The van der Waals surface area contributed by atoms with Crippen molar-refractivity contribution in [1.82, 2.24) is 10.3 Å². The number of pyridine rings is 1. The summed E-state index contributed by atoms with van der Waals surface area (Å²) in [5.41, 5.74) is 1.01. The van der Waals surface area contributed by atoms with E-state index in [1.807, 2.05) is 0 Å². The van der Waals surface area contributed by atoms with Gasteiger partial charge in [0.15, 0.2) is 5.03 Å². The Morgan fingerprint density at radius 3 is 2.44 bits per heavy atom. The second-order valence-corrected chi connectivity index (χ2v) is 4.86. The van der Waals surface area contributed by atoms with Gasteiger partial charge in [-0.15, -0.1) is 0 Å². The summed E-state index contributed by atoms with van der Waals surface area (Å²) in [6.45, 7) is 3.27. The zero-order valence-corrected chi connectivity index (χ0v) is 10.1. The minimum absolute atomic E-state index is 0.00407. The normalized spacial score (nSPS) is 11.2. The Kier molecular flexibility index (Phi) is 3.30. The molecule has 0 aliphatic rings. The number of primary sulfonamides is 1. The molecule has 0 radical (unpaired) electrons. The van der Waals surface area contributed by atoms with Gasteiger partial charge >= 0.3 is 0 Å². The largest absolute Gasteiger partial charge is 0.355 e. The van der Waals surface area contributed by atoms with E-state index >= 15 is 0 Å². The van der Waals surface area contributed by atoms with Crippen molar-refractivity contribution in [3.63, 3.8) is 0 Å². The van der Waals surface area contributed by atoms with Gasteiger partial charge in [-0.2, -0.15) is 0 Å². The van der Waals surface area contributed by atoms with Crippen LogP contribution in [0, 0.1) is 13.8 Å². The highest BCUT2D eigenvalue weighted by atomic mass is 32.2. The molecule has 0 fully saturated rings. The highest BCUT2D eigenvalue weighted by Gasteiger charge is 2.23. The molecule has 6 nitrogen and oxygen atoms in total. The molecule has 0 bridgehead atoms. The lowest BCUT2D eigenvalue weighted by Gasteiger charge is -2.09. The number of amides is 1. The fourth-order valence-corrected chi connectivity index (χ4v) is 2.22. The van der Waals surface area contributed by atoms with E-state index in [2.05, 4.69) is 10.3 Å². The summed E-state index contributed by atoms with van der Waals surface area (Å²) < 4.78 is 22.6. The number of carbonyl (C=O) groups excluding carboxylic acids is 1. The van der Waals surface area contributed by atoms with Crippen LogP contribution in [0.2, 0.25) is 0 Å². The molecular weight excluding hydrogens is 230 g/mol. The van der Waals surface area contributed by atoms with Gasteiger partial charge < -0.3 is 5.32 Å². The first-order valence-corrected chi connectivity index (χ1v) is 6.05. The number of nitrogens with one attached hydrogen (secondary N) is 1. The molecule has 1 heterocycles. The number of nitrogens with two attached hydrogens (primary N) is 1. The third-order valence-electron chi connectivity index (χ3n) is 2.04. The summed E-state index contributed by atoms with van der Waals surface area (Å²) in [6, 6.07) is 1.62. The van der Waals surface area contributed by atoms with Crippen LogP contribution in [-0.2, 0) is 10.0 Å². The first-order chi connectivity index (χ1) is 7.27. The van der Waals surface area contributed by atoms with Crippen LogP contribution < -0.4 is 10.5 Å². The van der Waals surface area contributed by atoms with E-state index in [0.717, 1.165) is 0 Å². The molecule has 3 N–H and O–H groups in total. The number of sulfonamides is 1. The molecule has 0 aromatic carbocycles. The topological polar surface area (TPSA) is 102 Å². The molecule has 0 saturated carbocycles. The van der Waals surface area contributed by atoms with Gasteiger partial charge in [-0.25, -0.2) is 18.5 Å². The smallest absolute Gasteiger partial charge is 0.256 e. The lowest BCUT2D eigenvalue weighted by Crippen LogP contribution is -2.26. The lowest BCUT2D eigenvalue weighted by atomic mass is 10.1. The summed E-state index contributed by atoms with van der Waals surface area (Å²) in [4.78, 5) is 15.3. The van der Waals surface area contributed by atoms with Crippen molar-refractivity contribution in [2.45, 2.75) is 18.9 Å². The molecule has 16 heavy (non-hydrogen) atoms. The predicted molar refractivity (Wildman–Crippen MR) is 58.5 cm³/mol. The lowest BCUT2D eigenvalue weighted by molar-refractivity contribution is 0.0958. The maximum atomic E-state index is 11.5. The average Bonchev–Trinajstić information content (AvgIpc) is 2.14. The summed E-state index contributed by atoms with van der Waals surface area (Å²) in [5, 5.41) is 6.99. The van der Waals surface area contributed by atoms with Crippen molar-refractivity contribution in [2.24, 2.45) is 5.14 Å². The monoisotopic (exact) mass is 243 g/mol. The second kappa shape index (κ2) is 4.18. The molecule has 88 valence electrons. The molecule has 1 rings (SSSR count). The van der Waals surface area contributed by atoms with E-state index in [9.17, 15) is 13.2 Å². The summed E-state index contributed by atoms with van der Waals surface area (Å²) in [5.74, 6) is -0.519. The Labute approximate surface area is 93.9 Å². The van der Waals surface area contributed by atoms with Crippen LogP contribution in [0.1, 0.15) is 21.6 Å². The summed E-state index contributed by atoms with van der Waals surface area (Å²) in [7, 11) is -2.59. The van der Waals surface area contributed by atoms with Gasteiger partial charge in [-0.1, -0.05) is 0 Å². The van der Waals surface area contributed by atoms with Crippen LogP contribution >= 0.6 is 0 Å². The fourth-order valence-electron chi connectivity index (χ4n) is 1.41. The Bertz CT molecular complexity index is 537. The Balaban J connectivity index is 3.64. The number of rotatable bonds is 2. The Hall–Kier alpha value is -1.47. The first-order valence-electron chi connectivity index (χ1n) is 4.50. The van der Waals surface area contributed by atoms with Crippen molar-refractivity contribution in [3.05, 3.63) is 22.9 Å². The van der Waals surface area contributed by atoms with E-state index in [0.29, 0.717) is 11.3 Å². The van der Waals surface area contributed by atoms with Gasteiger partial charge in [0.05, 0.1) is 5.56 Å². The second-order valence-electron chi connectivity index (χ2n) is 3.38. The van der Waals surface area contributed by atoms with Crippen molar-refractivity contribution in [2.75, 3.05) is 7.05 Å². The number of carbonyl (C=O) groups is 1. The quantitative estimate of drug-likeness (QED) is 0.744. The molecule has 1 aromatic heterocycles. The zero-order chi connectivity index (χ0) is 12.5. The van der Waals surface area contributed by atoms with Gasteiger partial charge in [-0.05, 0) is 25.5 Å². The van der Waals surface area contributed by atoms with Crippen LogP contribution in [0.4, 0.5) is 0 Å². The van der Waals surface area contributed by atoms with E-state index in [4.69, 9.17) is 5.14 Å². The van der Waals surface area contributed by atoms with Crippen molar-refractivity contribution < 1.29 is 13.2 Å². The number of nitrogens with zero attached hydrogens (tertiary/aromatic N) is 1. The standard InChI is InChI=1S/C9H13N3O3S/c1-5-4-6(2)12-9(16(10,14)15)7(5)8(13)11-3/h4H,1-3H3,(H,11,13)(H2,10,14,15).